The summed E-state index contributed by atoms with van der Waals surface area (Å²) in [4.78, 5) is 93.0. The molecule has 2 saturated carbocycles. The van der Waals surface area contributed by atoms with Crippen molar-refractivity contribution in [3.05, 3.63) is 36.9 Å². The summed E-state index contributed by atoms with van der Waals surface area (Å²) < 4.78 is 0. The number of likely N-dealkylation sites (tertiary alicyclic amines) is 1. The van der Waals surface area contributed by atoms with Crippen molar-refractivity contribution in [2.75, 3.05) is 13.1 Å². The van der Waals surface area contributed by atoms with Crippen molar-refractivity contribution in [3.63, 3.8) is 0 Å². The Kier molecular flexibility index (Phi) is 14.7. The summed E-state index contributed by atoms with van der Waals surface area (Å²) in [6.45, 7) is 13.9. The third-order valence-corrected chi connectivity index (χ3v) is 11.9. The minimum atomic E-state index is -1.05. The SMILES string of the molecule is C=CCNC(=O)C(=O)C(CCC)NC(=O)[C@@H]1C(C(C)C)CCN1C(=O)[C@@H](NC(=O)[C@@H](NC(=O)c1cnccn1)C1(C)CCCCC1)C1(C)CCCCC1. The molecular weight excluding hydrogens is 674 g/mol. The molecule has 4 N–H and O–H groups in total. The standard InChI is InChI=1S/C40H61N7O6/c1-7-15-28(31(48)36(51)43-21-8-2)44-35(50)30-27(26(3)4)16-24-47(30)38(53)33(40(6)19-13-10-14-20-40)46-37(52)32(39(5)17-11-9-12-18-39)45-34(49)29-25-41-22-23-42-29/h8,22-23,25-28,30,32-33H,2,7,9-21,24H2,1,3-6H3,(H,43,51)(H,44,50)(H,45,49)(H,46,52)/t27?,28?,30-,32+,33+/m0/s1. The Balaban J connectivity index is 1.67. The number of aromatic nitrogens is 2. The van der Waals surface area contributed by atoms with Gasteiger partial charge in [0, 0.05) is 25.5 Å². The maximum absolute atomic E-state index is 15.0. The Labute approximate surface area is 314 Å². The Morgan fingerprint density at radius 3 is 2.08 bits per heavy atom. The summed E-state index contributed by atoms with van der Waals surface area (Å²) in [6, 6.07) is -3.85. The van der Waals surface area contributed by atoms with Crippen molar-refractivity contribution in [2.24, 2.45) is 22.7 Å². The van der Waals surface area contributed by atoms with Crippen LogP contribution in [0.4, 0.5) is 0 Å². The first-order valence-electron chi connectivity index (χ1n) is 19.7. The van der Waals surface area contributed by atoms with Gasteiger partial charge in [-0.2, -0.15) is 0 Å². The lowest BCUT2D eigenvalue weighted by atomic mass is 9.68. The van der Waals surface area contributed by atoms with Crippen molar-refractivity contribution in [2.45, 2.75) is 142 Å². The Hall–Kier alpha value is -4.16. The van der Waals surface area contributed by atoms with Gasteiger partial charge >= 0.3 is 0 Å². The number of Topliss-reactive ketones (excluding diaryl/α,β-unsaturated/α-hetero) is 1. The molecule has 13 heteroatoms. The van der Waals surface area contributed by atoms with Crippen molar-refractivity contribution >= 4 is 35.3 Å². The molecular formula is C40H61N7O6. The molecule has 4 rings (SSSR count). The lowest BCUT2D eigenvalue weighted by Gasteiger charge is -2.45. The molecule has 1 aromatic rings. The van der Waals surface area contributed by atoms with Gasteiger partial charge in [0.1, 0.15) is 23.8 Å². The topological polar surface area (TPSA) is 180 Å². The van der Waals surface area contributed by atoms with E-state index in [2.05, 4.69) is 37.8 Å². The number of amides is 5. The predicted molar refractivity (Wildman–Crippen MR) is 201 cm³/mol. The summed E-state index contributed by atoms with van der Waals surface area (Å²) in [5, 5.41) is 11.5. The van der Waals surface area contributed by atoms with E-state index < -0.39 is 64.4 Å². The van der Waals surface area contributed by atoms with Gasteiger partial charge in [-0.3, -0.25) is 33.8 Å². The largest absolute Gasteiger partial charge is 0.346 e. The fourth-order valence-electron chi connectivity index (χ4n) is 8.72. The zero-order valence-corrected chi connectivity index (χ0v) is 32.4. The van der Waals surface area contributed by atoms with Crippen LogP contribution in [-0.4, -0.2) is 87.4 Å². The number of hydrogen-bond donors (Lipinski definition) is 4. The molecule has 2 unspecified atom stereocenters. The molecule has 1 saturated heterocycles. The highest BCUT2D eigenvalue weighted by atomic mass is 16.2. The van der Waals surface area contributed by atoms with Gasteiger partial charge in [-0.15, -0.1) is 6.58 Å². The lowest BCUT2D eigenvalue weighted by Crippen LogP contribution is -2.64. The molecule has 2 heterocycles. The number of ketones is 1. The summed E-state index contributed by atoms with van der Waals surface area (Å²) in [6.07, 6.45) is 15.7. The highest BCUT2D eigenvalue weighted by molar-refractivity contribution is 6.38. The highest BCUT2D eigenvalue weighted by Crippen LogP contribution is 2.43. The molecule has 3 fully saturated rings. The molecule has 53 heavy (non-hydrogen) atoms. The summed E-state index contributed by atoms with van der Waals surface area (Å²) in [5.74, 6) is -3.50. The van der Waals surface area contributed by atoms with E-state index in [9.17, 15) is 24.0 Å². The second kappa shape index (κ2) is 18.7. The Morgan fingerprint density at radius 1 is 0.906 bits per heavy atom. The lowest BCUT2D eigenvalue weighted by molar-refractivity contribution is -0.147. The van der Waals surface area contributed by atoms with Crippen molar-refractivity contribution in [3.8, 4) is 0 Å². The molecule has 0 spiro atoms. The molecule has 292 valence electrons. The van der Waals surface area contributed by atoms with Gasteiger partial charge < -0.3 is 26.2 Å². The van der Waals surface area contributed by atoms with E-state index in [-0.39, 0.29) is 36.4 Å². The maximum Gasteiger partial charge on any atom is 0.289 e. The average molecular weight is 736 g/mol. The number of carbonyl (C=O) groups is 6. The molecule has 0 bridgehead atoms. The molecule has 3 aliphatic rings. The molecule has 1 aromatic heterocycles. The molecule has 1 aliphatic heterocycles. The molecule has 0 aromatic carbocycles. The smallest absolute Gasteiger partial charge is 0.289 e. The van der Waals surface area contributed by atoms with E-state index in [0.717, 1.165) is 51.4 Å². The maximum atomic E-state index is 15.0. The summed E-state index contributed by atoms with van der Waals surface area (Å²) in [7, 11) is 0. The van der Waals surface area contributed by atoms with E-state index >= 15 is 4.79 Å². The van der Waals surface area contributed by atoms with Crippen molar-refractivity contribution in [1.29, 1.82) is 0 Å². The third-order valence-electron chi connectivity index (χ3n) is 11.9. The number of nitrogens with zero attached hydrogens (tertiary/aromatic N) is 3. The van der Waals surface area contributed by atoms with Gasteiger partial charge in [-0.1, -0.05) is 85.6 Å². The first-order chi connectivity index (χ1) is 25.3. The molecule has 2 aliphatic carbocycles. The average Bonchev–Trinajstić information content (AvgIpc) is 3.61. The normalized spacial score (nSPS) is 22.5. The summed E-state index contributed by atoms with van der Waals surface area (Å²) in [5.41, 5.74) is -1.06. The van der Waals surface area contributed by atoms with Gasteiger partial charge in [0.2, 0.25) is 23.5 Å². The van der Waals surface area contributed by atoms with Gasteiger partial charge in [-0.05, 0) is 61.2 Å². The van der Waals surface area contributed by atoms with Crippen molar-refractivity contribution in [1.82, 2.24) is 36.1 Å². The van der Waals surface area contributed by atoms with Crippen LogP contribution in [0.2, 0.25) is 0 Å². The first kappa shape index (κ1) is 41.6. The van der Waals surface area contributed by atoms with Gasteiger partial charge in [0.15, 0.2) is 0 Å². The fourth-order valence-corrected chi connectivity index (χ4v) is 8.72. The molecule has 5 atom stereocenters. The highest BCUT2D eigenvalue weighted by Gasteiger charge is 2.51. The van der Waals surface area contributed by atoms with Crippen LogP contribution in [-0.2, 0) is 24.0 Å². The zero-order valence-electron chi connectivity index (χ0n) is 32.4. The van der Waals surface area contributed by atoms with Crippen LogP contribution >= 0.6 is 0 Å². The molecule has 5 amide bonds. The second-order valence-corrected chi connectivity index (χ2v) is 16.3. The van der Waals surface area contributed by atoms with Crippen LogP contribution in [0.1, 0.15) is 129 Å². The van der Waals surface area contributed by atoms with Gasteiger partial charge in [0.25, 0.3) is 11.8 Å². The minimum Gasteiger partial charge on any atom is -0.346 e. The van der Waals surface area contributed by atoms with E-state index in [1.54, 1.807) is 4.90 Å². The van der Waals surface area contributed by atoms with E-state index in [0.29, 0.717) is 32.2 Å². The van der Waals surface area contributed by atoms with Crippen LogP contribution in [0, 0.1) is 22.7 Å². The van der Waals surface area contributed by atoms with E-state index in [4.69, 9.17) is 0 Å². The van der Waals surface area contributed by atoms with Crippen LogP contribution in [0.15, 0.2) is 31.2 Å². The van der Waals surface area contributed by atoms with Gasteiger partial charge in [-0.25, -0.2) is 4.98 Å². The zero-order chi connectivity index (χ0) is 38.8. The van der Waals surface area contributed by atoms with Crippen LogP contribution < -0.4 is 21.3 Å². The summed E-state index contributed by atoms with van der Waals surface area (Å²) >= 11 is 0. The monoisotopic (exact) mass is 735 g/mol. The third kappa shape index (κ3) is 10.1. The van der Waals surface area contributed by atoms with E-state index in [1.807, 2.05) is 34.6 Å². The van der Waals surface area contributed by atoms with Crippen LogP contribution in [0.25, 0.3) is 0 Å². The van der Waals surface area contributed by atoms with Crippen LogP contribution in [0.5, 0.6) is 0 Å². The predicted octanol–water partition coefficient (Wildman–Crippen LogP) is 4.03. The van der Waals surface area contributed by atoms with Gasteiger partial charge in [0.05, 0.1) is 12.2 Å². The second-order valence-electron chi connectivity index (χ2n) is 16.3. The van der Waals surface area contributed by atoms with E-state index in [1.165, 1.54) is 24.7 Å². The molecule has 13 nitrogen and oxygen atoms in total. The Bertz CT molecular complexity index is 1470. The quantitative estimate of drug-likeness (QED) is 0.145. The minimum absolute atomic E-state index is 0.0324. The Morgan fingerprint density at radius 2 is 1.53 bits per heavy atom. The molecule has 0 radical (unpaired) electrons. The number of hydrogen-bond acceptors (Lipinski definition) is 8. The number of nitrogens with one attached hydrogen (secondary N) is 4. The first-order valence-corrected chi connectivity index (χ1v) is 19.7. The van der Waals surface area contributed by atoms with Crippen molar-refractivity contribution < 1.29 is 28.8 Å². The van der Waals surface area contributed by atoms with Crippen LogP contribution in [0.3, 0.4) is 0 Å². The fraction of sp³-hybridized carbons (Fsp3) is 0.700. The number of carbonyl (C=O) groups excluding carboxylic acids is 6. The number of rotatable bonds is 16.